The predicted molar refractivity (Wildman–Crippen MR) is 106 cm³/mol. The minimum atomic E-state index is -1.06. The molecular formula is C21H19NO4S. The average Bonchev–Trinajstić information content (AvgIpc) is 2.69. The minimum Gasteiger partial charge on any atom is -0.481 e. The van der Waals surface area contributed by atoms with Gasteiger partial charge in [-0.05, 0) is 24.8 Å². The predicted octanol–water partition coefficient (Wildman–Crippen LogP) is 3.97. The van der Waals surface area contributed by atoms with Crippen LogP contribution >= 0.6 is 11.8 Å². The average molecular weight is 381 g/mol. The number of Topliss-reactive ketones (excluding diaryl/α,β-unsaturated/α-hetero) is 1. The Morgan fingerprint density at radius 2 is 1.67 bits per heavy atom. The van der Waals surface area contributed by atoms with Crippen LogP contribution in [0.3, 0.4) is 0 Å². The summed E-state index contributed by atoms with van der Waals surface area (Å²) >= 11 is 1.32. The van der Waals surface area contributed by atoms with E-state index in [9.17, 15) is 19.5 Å². The number of anilines is 1. The van der Waals surface area contributed by atoms with Crippen molar-refractivity contribution in [1.29, 1.82) is 0 Å². The number of allylic oxidation sites excluding steroid dienone is 1. The lowest BCUT2D eigenvalue weighted by molar-refractivity contribution is -0.140. The molecule has 2 aromatic rings. The lowest BCUT2D eigenvalue weighted by Gasteiger charge is -2.34. The second-order valence-electron chi connectivity index (χ2n) is 6.19. The zero-order chi connectivity index (χ0) is 19.4. The third kappa shape index (κ3) is 3.95. The van der Waals surface area contributed by atoms with Gasteiger partial charge in [-0.1, -0.05) is 48.5 Å². The number of carbonyl (C=O) groups excluding carboxylic acids is 2. The van der Waals surface area contributed by atoms with E-state index in [2.05, 4.69) is 0 Å². The fourth-order valence-corrected chi connectivity index (χ4v) is 4.00. The number of carboxylic acid groups (broad SMARTS) is 1. The van der Waals surface area contributed by atoms with E-state index in [1.54, 1.807) is 48.5 Å². The Hall–Kier alpha value is -2.86. The molecule has 0 bridgehead atoms. The van der Waals surface area contributed by atoms with Gasteiger partial charge in [0.05, 0.1) is 17.4 Å². The summed E-state index contributed by atoms with van der Waals surface area (Å²) in [5.74, 6) is -2.30. The van der Waals surface area contributed by atoms with Gasteiger partial charge in [-0.2, -0.15) is 0 Å². The molecule has 1 unspecified atom stereocenters. The normalized spacial score (nSPS) is 17.1. The molecule has 27 heavy (non-hydrogen) atoms. The van der Waals surface area contributed by atoms with Crippen molar-refractivity contribution in [2.75, 3.05) is 11.2 Å². The van der Waals surface area contributed by atoms with Crippen molar-refractivity contribution >= 4 is 35.1 Å². The maximum atomic E-state index is 13.1. The number of carboxylic acids is 1. The van der Waals surface area contributed by atoms with Gasteiger partial charge in [0, 0.05) is 16.8 Å². The van der Waals surface area contributed by atoms with Crippen LogP contribution in [0.15, 0.2) is 71.3 Å². The van der Waals surface area contributed by atoms with Crippen molar-refractivity contribution in [3.8, 4) is 0 Å². The van der Waals surface area contributed by atoms with Crippen LogP contribution < -0.4 is 4.90 Å². The highest BCUT2D eigenvalue weighted by Crippen LogP contribution is 2.39. The summed E-state index contributed by atoms with van der Waals surface area (Å²) in [7, 11) is 0. The molecule has 0 saturated carbocycles. The maximum Gasteiger partial charge on any atom is 0.304 e. The SMILES string of the molecule is CSC1=C(C(=O)c2ccccc2)CC(CC(=O)O)C(=O)N1c1ccccc1. The van der Waals surface area contributed by atoms with Gasteiger partial charge in [0.2, 0.25) is 5.91 Å². The molecule has 5 nitrogen and oxygen atoms in total. The van der Waals surface area contributed by atoms with Gasteiger partial charge >= 0.3 is 5.97 Å². The molecule has 1 atom stereocenters. The topological polar surface area (TPSA) is 74.7 Å². The van der Waals surface area contributed by atoms with E-state index in [-0.39, 0.29) is 24.5 Å². The number of carbonyl (C=O) groups is 3. The van der Waals surface area contributed by atoms with Crippen LogP contribution in [0.1, 0.15) is 23.2 Å². The molecule has 138 valence electrons. The largest absolute Gasteiger partial charge is 0.481 e. The van der Waals surface area contributed by atoms with Gasteiger partial charge in [-0.15, -0.1) is 11.8 Å². The first-order valence-corrected chi connectivity index (χ1v) is 9.73. The summed E-state index contributed by atoms with van der Waals surface area (Å²) in [5, 5.41) is 9.79. The van der Waals surface area contributed by atoms with E-state index in [1.807, 2.05) is 18.4 Å². The summed E-state index contributed by atoms with van der Waals surface area (Å²) in [6.07, 6.45) is 1.63. The van der Waals surface area contributed by atoms with Gasteiger partial charge < -0.3 is 5.11 Å². The first-order valence-electron chi connectivity index (χ1n) is 8.50. The molecule has 1 amide bonds. The van der Waals surface area contributed by atoms with E-state index >= 15 is 0 Å². The van der Waals surface area contributed by atoms with Crippen molar-refractivity contribution in [2.24, 2.45) is 5.92 Å². The molecule has 2 aromatic carbocycles. The Morgan fingerprint density at radius 3 is 2.22 bits per heavy atom. The molecule has 3 rings (SSSR count). The maximum absolute atomic E-state index is 13.1. The van der Waals surface area contributed by atoms with Gasteiger partial charge in [0.15, 0.2) is 5.78 Å². The molecule has 0 aliphatic carbocycles. The molecule has 0 saturated heterocycles. The number of benzene rings is 2. The summed E-state index contributed by atoms with van der Waals surface area (Å²) in [6, 6.07) is 17.9. The van der Waals surface area contributed by atoms with E-state index in [4.69, 9.17) is 0 Å². The number of aliphatic carboxylic acids is 1. The number of nitrogens with zero attached hydrogens (tertiary/aromatic N) is 1. The van der Waals surface area contributed by atoms with Crippen LogP contribution in [0.5, 0.6) is 0 Å². The van der Waals surface area contributed by atoms with Crippen LogP contribution in [0.2, 0.25) is 0 Å². The fourth-order valence-electron chi connectivity index (χ4n) is 3.20. The molecule has 1 heterocycles. The van der Waals surface area contributed by atoms with Crippen LogP contribution in [0, 0.1) is 5.92 Å². The molecule has 1 aliphatic rings. The number of hydrogen-bond donors (Lipinski definition) is 1. The van der Waals surface area contributed by atoms with Crippen LogP contribution in [-0.2, 0) is 9.59 Å². The van der Waals surface area contributed by atoms with Gasteiger partial charge in [-0.3, -0.25) is 19.3 Å². The highest BCUT2D eigenvalue weighted by molar-refractivity contribution is 8.02. The van der Waals surface area contributed by atoms with Gasteiger partial charge in [0.1, 0.15) is 0 Å². The Labute approximate surface area is 161 Å². The lowest BCUT2D eigenvalue weighted by Crippen LogP contribution is -2.41. The van der Waals surface area contributed by atoms with E-state index in [1.165, 1.54) is 16.7 Å². The zero-order valence-corrected chi connectivity index (χ0v) is 15.6. The molecule has 0 fully saturated rings. The van der Waals surface area contributed by atoms with Crippen LogP contribution in [-0.4, -0.2) is 29.0 Å². The Balaban J connectivity index is 2.13. The molecule has 1 N–H and O–H groups in total. The smallest absolute Gasteiger partial charge is 0.304 e. The van der Waals surface area contributed by atoms with Crippen LogP contribution in [0.25, 0.3) is 0 Å². The van der Waals surface area contributed by atoms with E-state index in [0.29, 0.717) is 21.9 Å². The second-order valence-corrected chi connectivity index (χ2v) is 6.99. The van der Waals surface area contributed by atoms with Crippen molar-refractivity contribution in [3.05, 3.63) is 76.8 Å². The Bertz CT molecular complexity index is 893. The zero-order valence-electron chi connectivity index (χ0n) is 14.8. The summed E-state index contributed by atoms with van der Waals surface area (Å²) in [5.41, 5.74) is 1.62. The van der Waals surface area contributed by atoms with Crippen molar-refractivity contribution in [1.82, 2.24) is 0 Å². The van der Waals surface area contributed by atoms with Crippen LogP contribution in [0.4, 0.5) is 5.69 Å². The molecular weight excluding hydrogens is 362 g/mol. The van der Waals surface area contributed by atoms with Crippen molar-refractivity contribution < 1.29 is 19.5 Å². The summed E-state index contributed by atoms with van der Waals surface area (Å²) < 4.78 is 0. The second kappa shape index (κ2) is 8.22. The van der Waals surface area contributed by atoms with Crippen molar-refractivity contribution in [2.45, 2.75) is 12.8 Å². The quantitative estimate of drug-likeness (QED) is 0.767. The van der Waals surface area contributed by atoms with Crippen molar-refractivity contribution in [3.63, 3.8) is 0 Å². The monoisotopic (exact) mass is 381 g/mol. The number of para-hydroxylation sites is 1. The van der Waals surface area contributed by atoms with Gasteiger partial charge in [-0.25, -0.2) is 0 Å². The number of thioether (sulfide) groups is 1. The lowest BCUT2D eigenvalue weighted by atomic mass is 9.88. The fraction of sp³-hybridized carbons (Fsp3) is 0.190. The molecule has 6 heteroatoms. The first kappa shape index (κ1) is 18.9. The van der Waals surface area contributed by atoms with E-state index < -0.39 is 11.9 Å². The highest BCUT2D eigenvalue weighted by Gasteiger charge is 2.38. The molecule has 1 aliphatic heterocycles. The highest BCUT2D eigenvalue weighted by atomic mass is 32.2. The summed E-state index contributed by atoms with van der Waals surface area (Å²) in [6.45, 7) is 0. The Kier molecular flexibility index (Phi) is 5.76. The third-order valence-corrected chi connectivity index (χ3v) is 5.24. The third-order valence-electron chi connectivity index (χ3n) is 4.42. The number of amides is 1. The molecule has 0 radical (unpaired) electrons. The molecule has 0 spiro atoms. The molecule has 0 aromatic heterocycles. The number of ketones is 1. The minimum absolute atomic E-state index is 0.123. The van der Waals surface area contributed by atoms with Gasteiger partial charge in [0.25, 0.3) is 0 Å². The Morgan fingerprint density at radius 1 is 1.07 bits per heavy atom. The number of hydrogen-bond acceptors (Lipinski definition) is 4. The first-order chi connectivity index (χ1) is 13.0. The standard InChI is InChI=1S/C21H19NO4S/c1-27-21-17(19(25)14-8-4-2-5-9-14)12-15(13-18(23)24)20(26)22(21)16-10-6-3-7-11-16/h2-11,15H,12-13H2,1H3,(H,23,24). The van der Waals surface area contributed by atoms with E-state index in [0.717, 1.165) is 0 Å². The summed E-state index contributed by atoms with van der Waals surface area (Å²) in [4.78, 5) is 38.9. The number of rotatable bonds is 6.